The zero-order valence-electron chi connectivity index (χ0n) is 17.2. The van der Waals surface area contributed by atoms with Crippen LogP contribution in [0.2, 0.25) is 0 Å². The number of carbonyl (C=O) groups is 1. The molecule has 5 aromatic rings. The summed E-state index contributed by atoms with van der Waals surface area (Å²) in [5.41, 5.74) is 4.18. The zero-order valence-corrected chi connectivity index (χ0v) is 17.2. The lowest BCUT2D eigenvalue weighted by molar-refractivity contribution is 0.104. The Balaban J connectivity index is 0.000000149. The van der Waals surface area contributed by atoms with Crippen molar-refractivity contribution in [2.75, 3.05) is 0 Å². The first-order valence-electron chi connectivity index (χ1n) is 10.2. The zero-order chi connectivity index (χ0) is 21.5. The molecule has 0 saturated heterocycles. The van der Waals surface area contributed by atoms with Crippen LogP contribution in [0.25, 0.3) is 34.1 Å². The van der Waals surface area contributed by atoms with Crippen LogP contribution in [-0.2, 0) is 0 Å². The van der Waals surface area contributed by atoms with Gasteiger partial charge in [-0.05, 0) is 23.8 Å². The molecule has 0 atom stereocenters. The van der Waals surface area contributed by atoms with Crippen molar-refractivity contribution in [2.24, 2.45) is 0 Å². The van der Waals surface area contributed by atoms with Gasteiger partial charge in [-0.15, -0.1) is 0 Å². The number of hydrogen-bond acceptors (Lipinski definition) is 1. The van der Waals surface area contributed by atoms with E-state index in [-0.39, 0.29) is 5.78 Å². The normalized spacial score (nSPS) is 10.7. The van der Waals surface area contributed by atoms with E-state index in [1.165, 1.54) is 21.8 Å². The molecule has 31 heavy (non-hydrogen) atoms. The van der Waals surface area contributed by atoms with E-state index in [9.17, 15) is 4.79 Å². The number of allylic oxidation sites excluding steroid dienone is 1. The van der Waals surface area contributed by atoms with Gasteiger partial charge in [-0.2, -0.15) is 0 Å². The van der Waals surface area contributed by atoms with Gasteiger partial charge < -0.3 is 4.57 Å². The second kappa shape index (κ2) is 9.55. The molecule has 1 heterocycles. The average molecular weight is 402 g/mol. The van der Waals surface area contributed by atoms with Crippen molar-refractivity contribution in [1.29, 1.82) is 0 Å². The SMILES string of the molecule is C=Cn1c2ccccc2c2ccccc21.O=C(C=Cc1ccccc1)c1ccccc1. The molecular weight excluding hydrogens is 378 g/mol. The van der Waals surface area contributed by atoms with E-state index in [0.29, 0.717) is 0 Å². The second-order valence-electron chi connectivity index (χ2n) is 7.06. The van der Waals surface area contributed by atoms with Crippen molar-refractivity contribution in [3.05, 3.63) is 133 Å². The highest BCUT2D eigenvalue weighted by atomic mass is 16.1. The monoisotopic (exact) mass is 401 g/mol. The first-order valence-corrected chi connectivity index (χ1v) is 10.2. The number of carbonyl (C=O) groups excluding carboxylic acids is 1. The van der Waals surface area contributed by atoms with Gasteiger partial charge >= 0.3 is 0 Å². The molecule has 4 aromatic carbocycles. The Morgan fingerprint density at radius 2 is 1.13 bits per heavy atom. The highest BCUT2D eigenvalue weighted by molar-refractivity contribution is 6.09. The highest BCUT2D eigenvalue weighted by Crippen LogP contribution is 2.28. The average Bonchev–Trinajstić information content (AvgIpc) is 3.18. The van der Waals surface area contributed by atoms with E-state index >= 15 is 0 Å². The molecule has 0 aliphatic heterocycles. The molecule has 0 fully saturated rings. The number of fused-ring (bicyclic) bond motifs is 3. The van der Waals surface area contributed by atoms with Gasteiger partial charge in [0.15, 0.2) is 5.78 Å². The van der Waals surface area contributed by atoms with Gasteiger partial charge in [0, 0.05) is 22.5 Å². The van der Waals surface area contributed by atoms with Crippen LogP contribution in [-0.4, -0.2) is 10.4 Å². The van der Waals surface area contributed by atoms with Crippen LogP contribution in [0, 0.1) is 0 Å². The predicted octanol–water partition coefficient (Wildman–Crippen LogP) is 7.48. The maximum Gasteiger partial charge on any atom is 0.185 e. The smallest absolute Gasteiger partial charge is 0.185 e. The molecule has 0 aliphatic carbocycles. The summed E-state index contributed by atoms with van der Waals surface area (Å²) in [4.78, 5) is 11.7. The van der Waals surface area contributed by atoms with Crippen LogP contribution in [0.4, 0.5) is 0 Å². The fraction of sp³-hybridized carbons (Fsp3) is 0. The van der Waals surface area contributed by atoms with Crippen molar-refractivity contribution in [3.63, 3.8) is 0 Å². The Labute approximate surface area is 182 Å². The quantitative estimate of drug-likeness (QED) is 0.226. The minimum Gasteiger partial charge on any atom is -0.317 e. The van der Waals surface area contributed by atoms with Crippen molar-refractivity contribution in [2.45, 2.75) is 0 Å². The number of nitrogens with zero attached hydrogens (tertiary/aromatic N) is 1. The predicted molar refractivity (Wildman–Crippen MR) is 132 cm³/mol. The fourth-order valence-corrected chi connectivity index (χ4v) is 3.58. The summed E-state index contributed by atoms with van der Waals surface area (Å²) in [6, 6.07) is 35.9. The molecule has 2 nitrogen and oxygen atoms in total. The largest absolute Gasteiger partial charge is 0.317 e. The molecule has 0 radical (unpaired) electrons. The lowest BCUT2D eigenvalue weighted by Crippen LogP contribution is -1.92. The number of hydrogen-bond donors (Lipinski definition) is 0. The number of benzene rings is 4. The van der Waals surface area contributed by atoms with Crippen LogP contribution < -0.4 is 0 Å². The van der Waals surface area contributed by atoms with Crippen molar-refractivity contribution in [3.8, 4) is 0 Å². The van der Waals surface area contributed by atoms with Gasteiger partial charge in [0.2, 0.25) is 0 Å². The third kappa shape index (κ3) is 4.54. The molecule has 0 aliphatic rings. The third-order valence-electron chi connectivity index (χ3n) is 5.08. The molecule has 2 heteroatoms. The van der Waals surface area contributed by atoms with Gasteiger partial charge in [0.05, 0.1) is 11.0 Å². The van der Waals surface area contributed by atoms with Crippen LogP contribution in [0.5, 0.6) is 0 Å². The van der Waals surface area contributed by atoms with Gasteiger partial charge in [-0.3, -0.25) is 4.79 Å². The second-order valence-corrected chi connectivity index (χ2v) is 7.06. The van der Waals surface area contributed by atoms with Crippen molar-refractivity contribution in [1.82, 2.24) is 4.57 Å². The first kappa shape index (κ1) is 20.1. The first-order chi connectivity index (χ1) is 15.3. The van der Waals surface area contributed by atoms with E-state index in [2.05, 4.69) is 59.7 Å². The van der Waals surface area contributed by atoms with Gasteiger partial charge in [0.25, 0.3) is 0 Å². The van der Waals surface area contributed by atoms with E-state index < -0.39 is 0 Å². The topological polar surface area (TPSA) is 22.0 Å². The molecular formula is C29H23NO. The Morgan fingerprint density at radius 1 is 0.645 bits per heavy atom. The third-order valence-corrected chi connectivity index (χ3v) is 5.08. The Kier molecular flexibility index (Phi) is 6.20. The minimum absolute atomic E-state index is 0.0319. The molecule has 0 amide bonds. The van der Waals surface area contributed by atoms with Crippen LogP contribution in [0.1, 0.15) is 15.9 Å². The van der Waals surface area contributed by atoms with Gasteiger partial charge in [-0.25, -0.2) is 0 Å². The number of para-hydroxylation sites is 2. The van der Waals surface area contributed by atoms with Crippen LogP contribution >= 0.6 is 0 Å². The van der Waals surface area contributed by atoms with Crippen molar-refractivity contribution >= 4 is 39.9 Å². The number of aromatic nitrogens is 1. The summed E-state index contributed by atoms with van der Waals surface area (Å²) in [7, 11) is 0. The Morgan fingerprint density at radius 3 is 1.68 bits per heavy atom. The summed E-state index contributed by atoms with van der Waals surface area (Å²) in [5, 5.41) is 2.57. The standard InChI is InChI=1S/C15H12O.C14H11N/c16-15(14-9-5-2-6-10-14)12-11-13-7-3-1-4-8-13;1-2-15-13-9-5-3-7-11(13)12-8-4-6-10-14(12)15/h1-12H;2-10H,1H2. The molecule has 1 aromatic heterocycles. The Hall–Kier alpha value is -4.17. The summed E-state index contributed by atoms with van der Waals surface area (Å²) < 4.78 is 2.13. The van der Waals surface area contributed by atoms with Gasteiger partial charge in [-0.1, -0.05) is 110 Å². The molecule has 0 spiro atoms. The Bertz CT molecular complexity index is 1290. The summed E-state index contributed by atoms with van der Waals surface area (Å²) in [6.07, 6.45) is 5.30. The van der Waals surface area contributed by atoms with E-state index in [1.807, 2.05) is 72.9 Å². The lowest BCUT2D eigenvalue weighted by atomic mass is 10.1. The lowest BCUT2D eigenvalue weighted by Gasteiger charge is -1.97. The van der Waals surface area contributed by atoms with Crippen molar-refractivity contribution < 1.29 is 4.79 Å². The van der Waals surface area contributed by atoms with E-state index in [0.717, 1.165) is 11.1 Å². The summed E-state index contributed by atoms with van der Waals surface area (Å²) >= 11 is 0. The van der Waals surface area contributed by atoms with Crippen LogP contribution in [0.3, 0.4) is 0 Å². The maximum absolute atomic E-state index is 11.7. The van der Waals surface area contributed by atoms with Gasteiger partial charge in [0.1, 0.15) is 0 Å². The molecule has 0 saturated carbocycles. The maximum atomic E-state index is 11.7. The minimum atomic E-state index is 0.0319. The molecule has 150 valence electrons. The molecule has 0 N–H and O–H groups in total. The van der Waals surface area contributed by atoms with Crippen LogP contribution in [0.15, 0.2) is 122 Å². The molecule has 0 unspecified atom stereocenters. The summed E-state index contributed by atoms with van der Waals surface area (Å²) in [5.74, 6) is 0.0319. The van der Waals surface area contributed by atoms with E-state index in [1.54, 1.807) is 6.08 Å². The summed E-state index contributed by atoms with van der Waals surface area (Å²) in [6.45, 7) is 3.87. The van der Waals surface area contributed by atoms with E-state index in [4.69, 9.17) is 0 Å². The molecule has 0 bridgehead atoms. The fourth-order valence-electron chi connectivity index (χ4n) is 3.58. The number of rotatable bonds is 4. The molecule has 5 rings (SSSR count). The number of ketones is 1. The highest BCUT2D eigenvalue weighted by Gasteiger charge is 2.06.